The van der Waals surface area contributed by atoms with Crippen LogP contribution >= 0.6 is 0 Å². The summed E-state index contributed by atoms with van der Waals surface area (Å²) in [6, 6.07) is 0.858. The zero-order chi connectivity index (χ0) is 9.80. The maximum absolute atomic E-state index is 3.79. The predicted octanol–water partition coefficient (Wildman–Crippen LogP) is 3.34. The molecule has 2 unspecified atom stereocenters. The Morgan fingerprint density at radius 1 is 0.929 bits per heavy atom. The number of hydrogen-bond donors (Lipinski definition) is 1. The highest BCUT2D eigenvalue weighted by atomic mass is 14.9. The fourth-order valence-corrected chi connectivity index (χ4v) is 3.15. The molecular formula is C13H25N. The maximum atomic E-state index is 3.79. The summed E-state index contributed by atoms with van der Waals surface area (Å²) in [5.41, 5.74) is 0. The molecule has 0 radical (unpaired) electrons. The molecule has 1 N–H and O–H groups in total. The van der Waals surface area contributed by atoms with E-state index in [1.54, 1.807) is 0 Å². The normalized spacial score (nSPS) is 34.9. The van der Waals surface area contributed by atoms with Crippen LogP contribution in [0.15, 0.2) is 0 Å². The van der Waals surface area contributed by atoms with Gasteiger partial charge in [0.2, 0.25) is 0 Å². The van der Waals surface area contributed by atoms with E-state index in [9.17, 15) is 0 Å². The van der Waals surface area contributed by atoms with Crippen molar-refractivity contribution in [2.75, 3.05) is 6.54 Å². The lowest BCUT2D eigenvalue weighted by atomic mass is 9.93. The fourth-order valence-electron chi connectivity index (χ4n) is 3.15. The Morgan fingerprint density at radius 2 is 1.71 bits per heavy atom. The summed E-state index contributed by atoms with van der Waals surface area (Å²) < 4.78 is 0. The van der Waals surface area contributed by atoms with Crippen LogP contribution in [0.25, 0.3) is 0 Å². The van der Waals surface area contributed by atoms with Gasteiger partial charge in [0.05, 0.1) is 0 Å². The highest BCUT2D eigenvalue weighted by Crippen LogP contribution is 2.30. The zero-order valence-electron chi connectivity index (χ0n) is 9.60. The quantitative estimate of drug-likeness (QED) is 0.728. The largest absolute Gasteiger partial charge is 0.314 e. The van der Waals surface area contributed by atoms with Gasteiger partial charge in [0.1, 0.15) is 0 Å². The van der Waals surface area contributed by atoms with Crippen molar-refractivity contribution in [3.63, 3.8) is 0 Å². The lowest BCUT2D eigenvalue weighted by Gasteiger charge is -2.25. The van der Waals surface area contributed by atoms with Gasteiger partial charge in [0.15, 0.2) is 0 Å². The average molecular weight is 195 g/mol. The Hall–Kier alpha value is -0.0400. The maximum Gasteiger partial charge on any atom is 0.00671 e. The first-order chi connectivity index (χ1) is 6.86. The minimum absolute atomic E-state index is 0.858. The third-order valence-corrected chi connectivity index (χ3v) is 4.31. The standard InChI is InChI=1S/C13H25N/c1-11-6-5-7-12(11)10-14-13-8-3-2-4-9-13/h11-14H,2-10H2,1H3. The molecule has 0 bridgehead atoms. The van der Waals surface area contributed by atoms with E-state index in [4.69, 9.17) is 0 Å². The van der Waals surface area contributed by atoms with Crippen LogP contribution in [0, 0.1) is 11.8 Å². The SMILES string of the molecule is CC1CCCC1CNC1CCCCC1. The summed E-state index contributed by atoms with van der Waals surface area (Å²) in [7, 11) is 0. The molecule has 0 spiro atoms. The predicted molar refractivity (Wildman–Crippen MR) is 61.4 cm³/mol. The third kappa shape index (κ3) is 2.73. The highest BCUT2D eigenvalue weighted by Gasteiger charge is 2.24. The van der Waals surface area contributed by atoms with Crippen molar-refractivity contribution in [3.05, 3.63) is 0 Å². The molecule has 82 valence electrons. The molecule has 0 aliphatic heterocycles. The van der Waals surface area contributed by atoms with Crippen molar-refractivity contribution in [3.8, 4) is 0 Å². The summed E-state index contributed by atoms with van der Waals surface area (Å²) in [5, 5.41) is 3.79. The molecule has 0 aromatic heterocycles. The van der Waals surface area contributed by atoms with Gasteiger partial charge in [-0.25, -0.2) is 0 Å². The van der Waals surface area contributed by atoms with Gasteiger partial charge in [-0.15, -0.1) is 0 Å². The molecule has 2 aliphatic carbocycles. The van der Waals surface area contributed by atoms with Crippen molar-refractivity contribution in [2.45, 2.75) is 64.3 Å². The van der Waals surface area contributed by atoms with Gasteiger partial charge >= 0.3 is 0 Å². The van der Waals surface area contributed by atoms with Gasteiger partial charge in [0.25, 0.3) is 0 Å². The molecule has 0 amide bonds. The molecule has 1 nitrogen and oxygen atoms in total. The van der Waals surface area contributed by atoms with Crippen molar-refractivity contribution in [1.82, 2.24) is 5.32 Å². The van der Waals surface area contributed by atoms with Crippen LogP contribution in [-0.2, 0) is 0 Å². The molecule has 1 heteroatoms. The Morgan fingerprint density at radius 3 is 2.36 bits per heavy atom. The van der Waals surface area contributed by atoms with Gasteiger partial charge in [-0.1, -0.05) is 39.0 Å². The van der Waals surface area contributed by atoms with Crippen molar-refractivity contribution < 1.29 is 0 Å². The van der Waals surface area contributed by atoms with Crippen LogP contribution in [0.4, 0.5) is 0 Å². The summed E-state index contributed by atoms with van der Waals surface area (Å²) in [4.78, 5) is 0. The minimum Gasteiger partial charge on any atom is -0.314 e. The lowest BCUT2D eigenvalue weighted by Crippen LogP contribution is -2.35. The molecule has 2 aliphatic rings. The first kappa shape index (κ1) is 10.5. The van der Waals surface area contributed by atoms with Gasteiger partial charge in [0, 0.05) is 6.04 Å². The summed E-state index contributed by atoms with van der Waals surface area (Å²) in [6.45, 7) is 3.73. The molecule has 0 heterocycles. The first-order valence-electron chi connectivity index (χ1n) is 6.59. The van der Waals surface area contributed by atoms with Gasteiger partial charge < -0.3 is 5.32 Å². The van der Waals surface area contributed by atoms with E-state index < -0.39 is 0 Å². The summed E-state index contributed by atoms with van der Waals surface area (Å²) in [6.07, 6.45) is 11.7. The second kappa shape index (κ2) is 5.16. The minimum atomic E-state index is 0.858. The van der Waals surface area contributed by atoms with Gasteiger partial charge in [-0.2, -0.15) is 0 Å². The summed E-state index contributed by atoms with van der Waals surface area (Å²) >= 11 is 0. The molecule has 2 fully saturated rings. The summed E-state index contributed by atoms with van der Waals surface area (Å²) in [5.74, 6) is 1.96. The van der Waals surface area contributed by atoms with Crippen molar-refractivity contribution in [2.24, 2.45) is 11.8 Å². The number of rotatable bonds is 3. The molecule has 0 aromatic carbocycles. The topological polar surface area (TPSA) is 12.0 Å². The second-order valence-corrected chi connectivity index (χ2v) is 5.41. The number of hydrogen-bond acceptors (Lipinski definition) is 1. The lowest BCUT2D eigenvalue weighted by molar-refractivity contribution is 0.321. The van der Waals surface area contributed by atoms with Gasteiger partial charge in [-0.05, 0) is 37.6 Å². The van der Waals surface area contributed by atoms with Crippen molar-refractivity contribution >= 4 is 0 Å². The highest BCUT2D eigenvalue weighted by molar-refractivity contribution is 4.79. The second-order valence-electron chi connectivity index (χ2n) is 5.41. The van der Waals surface area contributed by atoms with Crippen LogP contribution in [0.1, 0.15) is 58.3 Å². The van der Waals surface area contributed by atoms with Gasteiger partial charge in [-0.3, -0.25) is 0 Å². The molecule has 0 aromatic rings. The Labute approximate surface area is 88.7 Å². The molecule has 2 atom stereocenters. The first-order valence-corrected chi connectivity index (χ1v) is 6.59. The zero-order valence-corrected chi connectivity index (χ0v) is 9.60. The van der Waals surface area contributed by atoms with E-state index in [0.29, 0.717) is 0 Å². The molecule has 14 heavy (non-hydrogen) atoms. The van der Waals surface area contributed by atoms with Crippen molar-refractivity contribution in [1.29, 1.82) is 0 Å². The average Bonchev–Trinajstić information content (AvgIpc) is 2.63. The van der Waals surface area contributed by atoms with Crippen LogP contribution < -0.4 is 5.32 Å². The molecule has 2 rings (SSSR count). The Balaban J connectivity index is 1.65. The Kier molecular flexibility index (Phi) is 3.86. The van der Waals surface area contributed by atoms with E-state index in [2.05, 4.69) is 12.2 Å². The monoisotopic (exact) mass is 195 g/mol. The van der Waals surface area contributed by atoms with Crippen LogP contribution in [0.5, 0.6) is 0 Å². The van der Waals surface area contributed by atoms with E-state index in [1.165, 1.54) is 57.9 Å². The van der Waals surface area contributed by atoms with Crippen LogP contribution in [0.2, 0.25) is 0 Å². The molecular weight excluding hydrogens is 170 g/mol. The fraction of sp³-hybridized carbons (Fsp3) is 1.00. The number of nitrogens with one attached hydrogen (secondary N) is 1. The van der Waals surface area contributed by atoms with Crippen LogP contribution in [-0.4, -0.2) is 12.6 Å². The van der Waals surface area contributed by atoms with E-state index in [1.807, 2.05) is 0 Å². The van der Waals surface area contributed by atoms with E-state index in [0.717, 1.165) is 17.9 Å². The Bertz CT molecular complexity index is 161. The van der Waals surface area contributed by atoms with E-state index in [-0.39, 0.29) is 0 Å². The van der Waals surface area contributed by atoms with Crippen LogP contribution in [0.3, 0.4) is 0 Å². The van der Waals surface area contributed by atoms with E-state index >= 15 is 0 Å². The third-order valence-electron chi connectivity index (χ3n) is 4.31. The molecule has 0 saturated heterocycles. The smallest absolute Gasteiger partial charge is 0.00671 e. The molecule has 2 saturated carbocycles.